The molecule has 19 heavy (non-hydrogen) atoms. The van der Waals surface area contributed by atoms with Gasteiger partial charge < -0.3 is 19.5 Å². The van der Waals surface area contributed by atoms with Crippen molar-refractivity contribution in [3.63, 3.8) is 0 Å². The highest BCUT2D eigenvalue weighted by Crippen LogP contribution is 2.25. The SMILES string of the molecule is COc1ccccc1OCCOC1CCC(C)NC1. The minimum absolute atomic E-state index is 0.317. The topological polar surface area (TPSA) is 39.7 Å². The second-order valence-corrected chi connectivity index (χ2v) is 4.88. The summed E-state index contributed by atoms with van der Waals surface area (Å²) >= 11 is 0. The van der Waals surface area contributed by atoms with E-state index in [1.54, 1.807) is 7.11 Å². The zero-order chi connectivity index (χ0) is 13.5. The lowest BCUT2D eigenvalue weighted by Gasteiger charge is -2.27. The molecular weight excluding hydrogens is 242 g/mol. The highest BCUT2D eigenvalue weighted by Gasteiger charge is 2.17. The minimum atomic E-state index is 0.317. The predicted molar refractivity (Wildman–Crippen MR) is 74.9 cm³/mol. The Morgan fingerprint density at radius 2 is 1.95 bits per heavy atom. The Balaban J connectivity index is 1.66. The van der Waals surface area contributed by atoms with Gasteiger partial charge in [0, 0.05) is 12.6 Å². The molecule has 1 aromatic carbocycles. The van der Waals surface area contributed by atoms with E-state index < -0.39 is 0 Å². The molecule has 1 N–H and O–H groups in total. The molecule has 1 saturated heterocycles. The van der Waals surface area contributed by atoms with Gasteiger partial charge in [0.2, 0.25) is 0 Å². The summed E-state index contributed by atoms with van der Waals surface area (Å²) in [6, 6.07) is 8.28. The Morgan fingerprint density at radius 1 is 1.16 bits per heavy atom. The first-order chi connectivity index (χ1) is 9.29. The Labute approximate surface area is 115 Å². The second kappa shape index (κ2) is 7.36. The Bertz CT molecular complexity index is 375. The largest absolute Gasteiger partial charge is 0.493 e. The lowest BCUT2D eigenvalue weighted by atomic mass is 10.0. The first-order valence-corrected chi connectivity index (χ1v) is 6.90. The van der Waals surface area contributed by atoms with E-state index >= 15 is 0 Å². The summed E-state index contributed by atoms with van der Waals surface area (Å²) in [5, 5.41) is 3.42. The fourth-order valence-electron chi connectivity index (χ4n) is 2.22. The van der Waals surface area contributed by atoms with E-state index in [9.17, 15) is 0 Å². The number of nitrogens with one attached hydrogen (secondary N) is 1. The summed E-state index contributed by atoms with van der Waals surface area (Å²) < 4.78 is 16.7. The molecule has 2 unspecified atom stereocenters. The van der Waals surface area contributed by atoms with Crippen LogP contribution < -0.4 is 14.8 Å². The fraction of sp³-hybridized carbons (Fsp3) is 0.600. The summed E-state index contributed by atoms with van der Waals surface area (Å²) in [6.07, 6.45) is 2.62. The van der Waals surface area contributed by atoms with E-state index in [0.29, 0.717) is 25.4 Å². The molecule has 1 fully saturated rings. The maximum Gasteiger partial charge on any atom is 0.161 e. The lowest BCUT2D eigenvalue weighted by molar-refractivity contribution is 0.0150. The quantitative estimate of drug-likeness (QED) is 0.801. The van der Waals surface area contributed by atoms with Crippen molar-refractivity contribution < 1.29 is 14.2 Å². The van der Waals surface area contributed by atoms with Crippen LogP contribution in [0.5, 0.6) is 11.5 Å². The molecule has 0 aliphatic carbocycles. The number of benzene rings is 1. The molecule has 0 saturated carbocycles. The number of hydrogen-bond donors (Lipinski definition) is 1. The smallest absolute Gasteiger partial charge is 0.161 e. The molecule has 0 spiro atoms. The number of rotatable bonds is 6. The summed E-state index contributed by atoms with van der Waals surface area (Å²) in [7, 11) is 1.65. The average molecular weight is 265 g/mol. The van der Waals surface area contributed by atoms with Crippen molar-refractivity contribution in [2.75, 3.05) is 26.9 Å². The van der Waals surface area contributed by atoms with E-state index in [1.807, 2.05) is 24.3 Å². The van der Waals surface area contributed by atoms with Gasteiger partial charge in [-0.25, -0.2) is 0 Å². The van der Waals surface area contributed by atoms with Gasteiger partial charge in [-0.05, 0) is 31.9 Å². The van der Waals surface area contributed by atoms with Gasteiger partial charge in [-0.3, -0.25) is 0 Å². The molecule has 2 rings (SSSR count). The molecular formula is C15H23NO3. The molecule has 0 radical (unpaired) electrons. The van der Waals surface area contributed by atoms with Crippen molar-refractivity contribution in [1.82, 2.24) is 5.32 Å². The third kappa shape index (κ3) is 4.40. The van der Waals surface area contributed by atoms with Crippen LogP contribution in [0.3, 0.4) is 0 Å². The van der Waals surface area contributed by atoms with Crippen LogP contribution in [-0.4, -0.2) is 39.0 Å². The number of methoxy groups -OCH3 is 1. The summed E-state index contributed by atoms with van der Waals surface area (Å²) in [5.74, 6) is 1.53. The van der Waals surface area contributed by atoms with Crippen molar-refractivity contribution in [2.24, 2.45) is 0 Å². The van der Waals surface area contributed by atoms with E-state index in [1.165, 1.54) is 6.42 Å². The van der Waals surface area contributed by atoms with Gasteiger partial charge in [0.05, 0.1) is 19.8 Å². The highest BCUT2D eigenvalue weighted by atomic mass is 16.5. The van der Waals surface area contributed by atoms with Crippen molar-refractivity contribution in [1.29, 1.82) is 0 Å². The van der Waals surface area contributed by atoms with Crippen LogP contribution in [-0.2, 0) is 4.74 Å². The van der Waals surface area contributed by atoms with Crippen LogP contribution in [0.4, 0.5) is 0 Å². The maximum atomic E-state index is 5.80. The lowest BCUT2D eigenvalue weighted by Crippen LogP contribution is -2.41. The van der Waals surface area contributed by atoms with Gasteiger partial charge in [0.15, 0.2) is 11.5 Å². The minimum Gasteiger partial charge on any atom is -0.493 e. The highest BCUT2D eigenvalue weighted by molar-refractivity contribution is 5.39. The zero-order valence-corrected chi connectivity index (χ0v) is 11.7. The molecule has 1 aliphatic rings. The molecule has 1 aliphatic heterocycles. The monoisotopic (exact) mass is 265 g/mol. The molecule has 4 heteroatoms. The van der Waals surface area contributed by atoms with Gasteiger partial charge in [0.1, 0.15) is 6.61 Å². The van der Waals surface area contributed by atoms with E-state index in [4.69, 9.17) is 14.2 Å². The van der Waals surface area contributed by atoms with Crippen molar-refractivity contribution in [3.05, 3.63) is 24.3 Å². The van der Waals surface area contributed by atoms with E-state index in [0.717, 1.165) is 24.5 Å². The Kier molecular flexibility index (Phi) is 5.48. The molecule has 1 heterocycles. The summed E-state index contributed by atoms with van der Waals surface area (Å²) in [6.45, 7) is 4.31. The normalized spacial score (nSPS) is 23.1. The summed E-state index contributed by atoms with van der Waals surface area (Å²) in [4.78, 5) is 0. The predicted octanol–water partition coefficient (Wildman–Crippen LogP) is 2.23. The third-order valence-corrected chi connectivity index (χ3v) is 3.38. The van der Waals surface area contributed by atoms with Crippen LogP contribution in [0, 0.1) is 0 Å². The first-order valence-electron chi connectivity index (χ1n) is 6.90. The average Bonchev–Trinajstić information content (AvgIpc) is 2.46. The number of para-hydroxylation sites is 2. The van der Waals surface area contributed by atoms with Crippen LogP contribution in [0.15, 0.2) is 24.3 Å². The number of piperidine rings is 1. The molecule has 4 nitrogen and oxygen atoms in total. The van der Waals surface area contributed by atoms with Crippen molar-refractivity contribution in [3.8, 4) is 11.5 Å². The molecule has 2 atom stereocenters. The Morgan fingerprint density at radius 3 is 2.63 bits per heavy atom. The molecule has 1 aromatic rings. The zero-order valence-electron chi connectivity index (χ0n) is 11.7. The van der Waals surface area contributed by atoms with Gasteiger partial charge in [-0.15, -0.1) is 0 Å². The van der Waals surface area contributed by atoms with E-state index in [-0.39, 0.29) is 0 Å². The second-order valence-electron chi connectivity index (χ2n) is 4.88. The standard InChI is InChI=1S/C15H23NO3/c1-12-7-8-13(11-16-12)18-9-10-19-15-6-4-3-5-14(15)17-2/h3-6,12-13,16H,7-11H2,1-2H3. The van der Waals surface area contributed by atoms with Crippen molar-refractivity contribution in [2.45, 2.75) is 31.9 Å². The van der Waals surface area contributed by atoms with Gasteiger partial charge >= 0.3 is 0 Å². The molecule has 0 bridgehead atoms. The van der Waals surface area contributed by atoms with Gasteiger partial charge in [-0.2, -0.15) is 0 Å². The molecule has 106 valence electrons. The van der Waals surface area contributed by atoms with Gasteiger partial charge in [0.25, 0.3) is 0 Å². The molecule has 0 aromatic heterocycles. The van der Waals surface area contributed by atoms with Gasteiger partial charge in [-0.1, -0.05) is 12.1 Å². The van der Waals surface area contributed by atoms with Crippen LogP contribution in [0.25, 0.3) is 0 Å². The van der Waals surface area contributed by atoms with Crippen LogP contribution in [0.1, 0.15) is 19.8 Å². The van der Waals surface area contributed by atoms with Crippen molar-refractivity contribution >= 4 is 0 Å². The van der Waals surface area contributed by atoms with Crippen LogP contribution >= 0.6 is 0 Å². The molecule has 0 amide bonds. The van der Waals surface area contributed by atoms with Crippen LogP contribution in [0.2, 0.25) is 0 Å². The van der Waals surface area contributed by atoms with E-state index in [2.05, 4.69) is 12.2 Å². The Hall–Kier alpha value is -1.26. The third-order valence-electron chi connectivity index (χ3n) is 3.38. The first kappa shape index (κ1) is 14.2. The number of ether oxygens (including phenoxy) is 3. The maximum absolute atomic E-state index is 5.80. The fourth-order valence-corrected chi connectivity index (χ4v) is 2.22. The number of hydrogen-bond acceptors (Lipinski definition) is 4. The summed E-state index contributed by atoms with van der Waals surface area (Å²) in [5.41, 5.74) is 0.